The van der Waals surface area contributed by atoms with Gasteiger partial charge in [-0.25, -0.2) is 4.98 Å². The molecule has 1 aromatic rings. The van der Waals surface area contributed by atoms with Crippen molar-refractivity contribution in [3.05, 3.63) is 17.8 Å². The number of aromatic nitrogens is 1. The molecular weight excluding hydrogens is 178 g/mol. The average Bonchev–Trinajstić information content (AvgIpc) is 2.67. The van der Waals surface area contributed by atoms with Crippen LogP contribution in [0.4, 0.5) is 0 Å². The van der Waals surface area contributed by atoms with Crippen molar-refractivity contribution < 1.29 is 4.42 Å². The molecule has 78 valence electrons. The number of oxazole rings is 1. The minimum Gasteiger partial charge on any atom is -0.449 e. The normalized spacial score (nSPS) is 22.5. The van der Waals surface area contributed by atoms with Gasteiger partial charge in [0.15, 0.2) is 5.89 Å². The third-order valence-corrected chi connectivity index (χ3v) is 2.67. The van der Waals surface area contributed by atoms with E-state index in [1.165, 1.54) is 12.8 Å². The van der Waals surface area contributed by atoms with Gasteiger partial charge in [-0.2, -0.15) is 0 Å². The van der Waals surface area contributed by atoms with E-state index in [-0.39, 0.29) is 0 Å². The van der Waals surface area contributed by atoms with Crippen molar-refractivity contribution in [2.45, 2.75) is 25.8 Å². The molecule has 0 aliphatic carbocycles. The molecule has 1 aliphatic rings. The number of hydrogen-bond acceptors (Lipinski definition) is 4. The lowest BCUT2D eigenvalue weighted by atomic mass is 9.96. The van der Waals surface area contributed by atoms with Crippen LogP contribution in [-0.2, 0) is 13.0 Å². The van der Waals surface area contributed by atoms with E-state index in [1.807, 2.05) is 0 Å². The first kappa shape index (κ1) is 9.68. The predicted octanol–water partition coefficient (Wildman–Crippen LogP) is 0.675. The van der Waals surface area contributed by atoms with Crippen LogP contribution in [0, 0.1) is 5.92 Å². The van der Waals surface area contributed by atoms with Gasteiger partial charge in [-0.15, -0.1) is 0 Å². The Balaban J connectivity index is 1.89. The maximum Gasteiger partial charge on any atom is 0.194 e. The van der Waals surface area contributed by atoms with Gasteiger partial charge in [0, 0.05) is 13.0 Å². The van der Waals surface area contributed by atoms with Crippen LogP contribution in [0.2, 0.25) is 0 Å². The molecule has 1 aliphatic heterocycles. The van der Waals surface area contributed by atoms with Crippen molar-refractivity contribution in [1.82, 2.24) is 10.3 Å². The highest BCUT2D eigenvalue weighted by Crippen LogP contribution is 2.15. The SMILES string of the molecule is NCc1coc(CC2CCCNC2)n1. The molecule has 0 amide bonds. The third kappa shape index (κ3) is 2.33. The zero-order valence-electron chi connectivity index (χ0n) is 8.33. The number of nitrogens with one attached hydrogen (secondary N) is 1. The van der Waals surface area contributed by atoms with Gasteiger partial charge in [0.25, 0.3) is 0 Å². The molecule has 2 heterocycles. The third-order valence-electron chi connectivity index (χ3n) is 2.67. The van der Waals surface area contributed by atoms with Crippen molar-refractivity contribution in [3.63, 3.8) is 0 Å². The Labute approximate surface area is 83.9 Å². The fourth-order valence-electron chi connectivity index (χ4n) is 1.88. The van der Waals surface area contributed by atoms with Crippen molar-refractivity contribution in [2.75, 3.05) is 13.1 Å². The van der Waals surface area contributed by atoms with E-state index in [0.717, 1.165) is 31.1 Å². The minimum absolute atomic E-state index is 0.465. The summed E-state index contributed by atoms with van der Waals surface area (Å²) in [5.41, 5.74) is 6.31. The highest BCUT2D eigenvalue weighted by molar-refractivity contribution is 4.96. The first-order valence-corrected chi connectivity index (χ1v) is 5.22. The van der Waals surface area contributed by atoms with Gasteiger partial charge in [0.1, 0.15) is 6.26 Å². The van der Waals surface area contributed by atoms with E-state index in [0.29, 0.717) is 12.5 Å². The van der Waals surface area contributed by atoms with E-state index in [2.05, 4.69) is 10.3 Å². The maximum atomic E-state index is 5.46. The molecule has 0 aromatic carbocycles. The van der Waals surface area contributed by atoms with Crippen LogP contribution in [0.3, 0.4) is 0 Å². The molecular formula is C10H17N3O. The lowest BCUT2D eigenvalue weighted by molar-refractivity contribution is 0.345. The van der Waals surface area contributed by atoms with Crippen LogP contribution in [0.25, 0.3) is 0 Å². The summed E-state index contributed by atoms with van der Waals surface area (Å²) in [5, 5.41) is 3.38. The molecule has 0 bridgehead atoms. The predicted molar refractivity (Wildman–Crippen MR) is 53.7 cm³/mol. The summed E-state index contributed by atoms with van der Waals surface area (Å²) >= 11 is 0. The second kappa shape index (κ2) is 4.57. The Kier molecular flexibility index (Phi) is 3.16. The zero-order valence-corrected chi connectivity index (χ0v) is 8.33. The summed E-state index contributed by atoms with van der Waals surface area (Å²) < 4.78 is 5.34. The summed E-state index contributed by atoms with van der Waals surface area (Å²) in [6.45, 7) is 2.70. The van der Waals surface area contributed by atoms with Gasteiger partial charge in [0.2, 0.25) is 0 Å². The van der Waals surface area contributed by atoms with Gasteiger partial charge in [-0.3, -0.25) is 0 Å². The first-order valence-electron chi connectivity index (χ1n) is 5.22. The highest BCUT2D eigenvalue weighted by Gasteiger charge is 2.15. The monoisotopic (exact) mass is 195 g/mol. The lowest BCUT2D eigenvalue weighted by Gasteiger charge is -2.21. The molecule has 1 fully saturated rings. The van der Waals surface area contributed by atoms with Gasteiger partial charge in [0.05, 0.1) is 5.69 Å². The Bertz CT molecular complexity index is 279. The van der Waals surface area contributed by atoms with Crippen molar-refractivity contribution in [2.24, 2.45) is 11.7 Å². The summed E-state index contributed by atoms with van der Waals surface area (Å²) in [6, 6.07) is 0. The van der Waals surface area contributed by atoms with E-state index in [1.54, 1.807) is 6.26 Å². The molecule has 1 unspecified atom stereocenters. The van der Waals surface area contributed by atoms with E-state index < -0.39 is 0 Å². The molecule has 4 heteroatoms. The molecule has 1 saturated heterocycles. The van der Waals surface area contributed by atoms with Crippen LogP contribution in [0.15, 0.2) is 10.7 Å². The Morgan fingerprint density at radius 2 is 2.57 bits per heavy atom. The fraction of sp³-hybridized carbons (Fsp3) is 0.700. The Morgan fingerprint density at radius 3 is 3.21 bits per heavy atom. The molecule has 4 nitrogen and oxygen atoms in total. The molecule has 0 spiro atoms. The summed E-state index contributed by atoms with van der Waals surface area (Å²) in [6.07, 6.45) is 5.13. The van der Waals surface area contributed by atoms with Crippen LogP contribution in [0.5, 0.6) is 0 Å². The summed E-state index contributed by atoms with van der Waals surface area (Å²) in [4.78, 5) is 4.30. The van der Waals surface area contributed by atoms with Crippen molar-refractivity contribution in [1.29, 1.82) is 0 Å². The fourth-order valence-corrected chi connectivity index (χ4v) is 1.88. The van der Waals surface area contributed by atoms with Crippen LogP contribution in [-0.4, -0.2) is 18.1 Å². The molecule has 14 heavy (non-hydrogen) atoms. The zero-order chi connectivity index (χ0) is 9.80. The molecule has 2 rings (SSSR count). The maximum absolute atomic E-state index is 5.46. The standard InChI is InChI=1S/C10H17N3O/c11-5-9-7-14-10(13-9)4-8-2-1-3-12-6-8/h7-8,12H,1-6,11H2. The number of piperidine rings is 1. The van der Waals surface area contributed by atoms with Crippen LogP contribution >= 0.6 is 0 Å². The van der Waals surface area contributed by atoms with Crippen molar-refractivity contribution in [3.8, 4) is 0 Å². The van der Waals surface area contributed by atoms with Gasteiger partial charge >= 0.3 is 0 Å². The average molecular weight is 195 g/mol. The Morgan fingerprint density at radius 1 is 1.64 bits per heavy atom. The van der Waals surface area contributed by atoms with E-state index >= 15 is 0 Å². The second-order valence-corrected chi connectivity index (χ2v) is 3.85. The number of rotatable bonds is 3. The highest BCUT2D eigenvalue weighted by atomic mass is 16.3. The number of hydrogen-bond donors (Lipinski definition) is 2. The molecule has 1 atom stereocenters. The van der Waals surface area contributed by atoms with Gasteiger partial charge < -0.3 is 15.5 Å². The quantitative estimate of drug-likeness (QED) is 0.744. The van der Waals surface area contributed by atoms with Gasteiger partial charge in [-0.1, -0.05) is 0 Å². The topological polar surface area (TPSA) is 64.1 Å². The van der Waals surface area contributed by atoms with E-state index in [4.69, 9.17) is 10.2 Å². The number of nitrogens with zero attached hydrogens (tertiary/aromatic N) is 1. The number of nitrogens with two attached hydrogens (primary N) is 1. The Hall–Kier alpha value is -0.870. The summed E-state index contributed by atoms with van der Waals surface area (Å²) in [5.74, 6) is 1.51. The smallest absolute Gasteiger partial charge is 0.194 e. The largest absolute Gasteiger partial charge is 0.449 e. The molecule has 1 aromatic heterocycles. The van der Waals surface area contributed by atoms with Crippen LogP contribution < -0.4 is 11.1 Å². The molecule has 0 saturated carbocycles. The van der Waals surface area contributed by atoms with Gasteiger partial charge in [-0.05, 0) is 31.8 Å². The van der Waals surface area contributed by atoms with Crippen molar-refractivity contribution >= 4 is 0 Å². The first-order chi connectivity index (χ1) is 6.88. The van der Waals surface area contributed by atoms with Crippen LogP contribution in [0.1, 0.15) is 24.4 Å². The molecule has 3 N–H and O–H groups in total. The molecule has 0 radical (unpaired) electrons. The van der Waals surface area contributed by atoms with E-state index in [9.17, 15) is 0 Å². The minimum atomic E-state index is 0.465. The summed E-state index contributed by atoms with van der Waals surface area (Å²) in [7, 11) is 0. The second-order valence-electron chi connectivity index (χ2n) is 3.85. The lowest BCUT2D eigenvalue weighted by Crippen LogP contribution is -2.30.